The zero-order valence-electron chi connectivity index (χ0n) is 9.18. The average molecular weight is 211 g/mol. The van der Waals surface area contributed by atoms with Crippen LogP contribution in [0, 0.1) is 0 Å². The molecule has 1 fully saturated rings. The van der Waals surface area contributed by atoms with Crippen LogP contribution in [0.4, 0.5) is 0 Å². The third kappa shape index (κ3) is 2.15. The van der Waals surface area contributed by atoms with E-state index in [1.165, 1.54) is 0 Å². The molecule has 6 heteroatoms. The molecule has 2 heterocycles. The number of aromatic nitrogens is 4. The largest absolute Gasteiger partial charge is 0.379 e. The van der Waals surface area contributed by atoms with Crippen LogP contribution in [0.2, 0.25) is 0 Å². The maximum absolute atomic E-state index is 5.34. The quantitative estimate of drug-likeness (QED) is 0.776. The van der Waals surface area contributed by atoms with Gasteiger partial charge in [0.2, 0.25) is 0 Å². The fourth-order valence-electron chi connectivity index (χ4n) is 1.86. The van der Waals surface area contributed by atoms with Crippen molar-refractivity contribution in [3.05, 3.63) is 5.82 Å². The number of ether oxygens (including phenoxy) is 1. The molecule has 0 aliphatic carbocycles. The van der Waals surface area contributed by atoms with Gasteiger partial charge in [-0.15, -0.1) is 5.10 Å². The highest BCUT2D eigenvalue weighted by Gasteiger charge is 2.24. The molecule has 0 aromatic carbocycles. The summed E-state index contributed by atoms with van der Waals surface area (Å²) in [6, 6.07) is 0.488. The Kier molecular flexibility index (Phi) is 3.27. The first kappa shape index (κ1) is 10.5. The summed E-state index contributed by atoms with van der Waals surface area (Å²) in [6.07, 6.45) is 0.997. The molecule has 1 aromatic heterocycles. The van der Waals surface area contributed by atoms with E-state index in [4.69, 9.17) is 4.74 Å². The minimum Gasteiger partial charge on any atom is -0.379 e. The lowest BCUT2D eigenvalue weighted by atomic mass is 10.2. The Morgan fingerprint density at radius 2 is 2.53 bits per heavy atom. The van der Waals surface area contributed by atoms with Gasteiger partial charge in [0, 0.05) is 6.61 Å². The summed E-state index contributed by atoms with van der Waals surface area (Å²) in [6.45, 7) is 6.58. The number of hydrogen-bond acceptors (Lipinski definition) is 5. The Morgan fingerprint density at radius 3 is 3.20 bits per heavy atom. The smallest absolute Gasteiger partial charge is 0.168 e. The normalized spacial score (nSPS) is 23.2. The first-order chi connectivity index (χ1) is 7.33. The summed E-state index contributed by atoms with van der Waals surface area (Å²) in [5.74, 6) is 0.896. The molecule has 1 aromatic rings. The van der Waals surface area contributed by atoms with Crippen LogP contribution in [0.5, 0.6) is 0 Å². The van der Waals surface area contributed by atoms with E-state index in [2.05, 4.69) is 34.7 Å². The highest BCUT2D eigenvalue weighted by molar-refractivity contribution is 4.92. The molecule has 1 N–H and O–H groups in total. The monoisotopic (exact) mass is 211 g/mol. The van der Waals surface area contributed by atoms with E-state index >= 15 is 0 Å². The fraction of sp³-hybridized carbons (Fsp3) is 0.889. The lowest BCUT2D eigenvalue weighted by molar-refractivity contribution is 0.183. The van der Waals surface area contributed by atoms with Gasteiger partial charge in [-0.2, -0.15) is 0 Å². The standard InChI is InChI=1S/C9H17N5O/c1-3-10-7(2)9-11-12-13-14(9)8-4-5-15-6-8/h7-8,10H,3-6H2,1-2H3. The molecule has 0 bridgehead atoms. The van der Waals surface area contributed by atoms with Gasteiger partial charge < -0.3 is 10.1 Å². The van der Waals surface area contributed by atoms with Gasteiger partial charge in [0.25, 0.3) is 0 Å². The summed E-state index contributed by atoms with van der Waals surface area (Å²) in [4.78, 5) is 0. The molecule has 2 unspecified atom stereocenters. The summed E-state index contributed by atoms with van der Waals surface area (Å²) in [5, 5.41) is 15.1. The molecule has 15 heavy (non-hydrogen) atoms. The highest BCUT2D eigenvalue weighted by atomic mass is 16.5. The maximum atomic E-state index is 5.34. The second kappa shape index (κ2) is 4.67. The molecule has 0 saturated carbocycles. The molecule has 0 spiro atoms. The van der Waals surface area contributed by atoms with E-state index in [1.54, 1.807) is 0 Å². The molecule has 1 aliphatic rings. The van der Waals surface area contributed by atoms with Crippen molar-refractivity contribution in [3.63, 3.8) is 0 Å². The van der Waals surface area contributed by atoms with Crippen molar-refractivity contribution in [3.8, 4) is 0 Å². The Bertz CT molecular complexity index is 307. The van der Waals surface area contributed by atoms with Crippen LogP contribution >= 0.6 is 0 Å². The molecule has 6 nitrogen and oxygen atoms in total. The second-order valence-electron chi connectivity index (χ2n) is 3.78. The van der Waals surface area contributed by atoms with Crippen LogP contribution in [0.3, 0.4) is 0 Å². The predicted octanol–water partition coefficient (Wildman–Crippen LogP) is 0.305. The molecule has 0 radical (unpaired) electrons. The van der Waals surface area contributed by atoms with Crippen molar-refractivity contribution in [2.24, 2.45) is 0 Å². The van der Waals surface area contributed by atoms with Gasteiger partial charge in [0.1, 0.15) is 0 Å². The van der Waals surface area contributed by atoms with E-state index in [1.807, 2.05) is 4.68 Å². The van der Waals surface area contributed by atoms with Crippen LogP contribution in [0.15, 0.2) is 0 Å². The van der Waals surface area contributed by atoms with E-state index in [-0.39, 0.29) is 6.04 Å². The number of rotatable bonds is 4. The molecule has 2 rings (SSSR count). The molecular formula is C9H17N5O. The Balaban J connectivity index is 2.13. The third-order valence-electron chi connectivity index (χ3n) is 2.67. The van der Waals surface area contributed by atoms with Crippen LogP contribution in [0.25, 0.3) is 0 Å². The van der Waals surface area contributed by atoms with Crippen LogP contribution in [-0.2, 0) is 4.74 Å². The van der Waals surface area contributed by atoms with Crippen molar-refractivity contribution in [1.29, 1.82) is 0 Å². The van der Waals surface area contributed by atoms with Gasteiger partial charge in [-0.3, -0.25) is 0 Å². The second-order valence-corrected chi connectivity index (χ2v) is 3.78. The molecule has 0 amide bonds. The number of nitrogens with zero attached hydrogens (tertiary/aromatic N) is 4. The van der Waals surface area contributed by atoms with Gasteiger partial charge in [-0.25, -0.2) is 4.68 Å². The predicted molar refractivity (Wildman–Crippen MR) is 54.4 cm³/mol. The fourth-order valence-corrected chi connectivity index (χ4v) is 1.86. The van der Waals surface area contributed by atoms with E-state index in [0.29, 0.717) is 6.04 Å². The van der Waals surface area contributed by atoms with Gasteiger partial charge in [-0.1, -0.05) is 6.92 Å². The first-order valence-corrected chi connectivity index (χ1v) is 5.41. The van der Waals surface area contributed by atoms with Gasteiger partial charge in [-0.05, 0) is 30.3 Å². The molecule has 1 aliphatic heterocycles. The first-order valence-electron chi connectivity index (χ1n) is 5.41. The third-order valence-corrected chi connectivity index (χ3v) is 2.67. The van der Waals surface area contributed by atoms with Crippen molar-refractivity contribution in [1.82, 2.24) is 25.5 Å². The summed E-state index contributed by atoms with van der Waals surface area (Å²) in [7, 11) is 0. The number of hydrogen-bond donors (Lipinski definition) is 1. The van der Waals surface area contributed by atoms with Crippen LogP contribution in [-0.4, -0.2) is 40.0 Å². The minimum atomic E-state index is 0.186. The zero-order valence-corrected chi connectivity index (χ0v) is 9.18. The Hall–Kier alpha value is -1.01. The lowest BCUT2D eigenvalue weighted by Crippen LogP contribution is -2.24. The molecule has 2 atom stereocenters. The van der Waals surface area contributed by atoms with Crippen molar-refractivity contribution in [2.75, 3.05) is 19.8 Å². The highest BCUT2D eigenvalue weighted by Crippen LogP contribution is 2.20. The Morgan fingerprint density at radius 1 is 1.67 bits per heavy atom. The van der Waals surface area contributed by atoms with E-state index in [9.17, 15) is 0 Å². The van der Waals surface area contributed by atoms with Gasteiger partial charge in [0.05, 0.1) is 18.7 Å². The number of nitrogens with one attached hydrogen (secondary N) is 1. The Labute approximate surface area is 89.0 Å². The van der Waals surface area contributed by atoms with Crippen molar-refractivity contribution < 1.29 is 4.74 Å². The zero-order chi connectivity index (χ0) is 10.7. The number of tetrazole rings is 1. The minimum absolute atomic E-state index is 0.186. The van der Waals surface area contributed by atoms with Gasteiger partial charge in [0.15, 0.2) is 5.82 Å². The SMILES string of the molecule is CCNC(C)c1nnnn1C1CCOC1. The summed E-state index contributed by atoms with van der Waals surface area (Å²) >= 11 is 0. The van der Waals surface area contributed by atoms with Crippen LogP contribution in [0.1, 0.15) is 38.2 Å². The van der Waals surface area contributed by atoms with Gasteiger partial charge >= 0.3 is 0 Å². The maximum Gasteiger partial charge on any atom is 0.168 e. The van der Waals surface area contributed by atoms with Crippen molar-refractivity contribution in [2.45, 2.75) is 32.4 Å². The molecule has 1 saturated heterocycles. The topological polar surface area (TPSA) is 64.9 Å². The lowest BCUT2D eigenvalue weighted by Gasteiger charge is -2.15. The van der Waals surface area contributed by atoms with E-state index in [0.717, 1.165) is 32.0 Å². The summed E-state index contributed by atoms with van der Waals surface area (Å²) < 4.78 is 7.23. The van der Waals surface area contributed by atoms with E-state index < -0.39 is 0 Å². The average Bonchev–Trinajstić information content (AvgIpc) is 2.88. The summed E-state index contributed by atoms with van der Waals surface area (Å²) in [5.41, 5.74) is 0. The molecule has 84 valence electrons. The van der Waals surface area contributed by atoms with Crippen molar-refractivity contribution >= 4 is 0 Å². The molecular weight excluding hydrogens is 194 g/mol. The van der Waals surface area contributed by atoms with Crippen LogP contribution < -0.4 is 5.32 Å².